The zero-order valence-corrected chi connectivity index (χ0v) is 12.7. The average molecular weight is 298 g/mol. The molecule has 0 amide bonds. The van der Waals surface area contributed by atoms with Crippen LogP contribution in [0.15, 0.2) is 4.34 Å². The van der Waals surface area contributed by atoms with Crippen molar-refractivity contribution in [2.45, 2.75) is 30.4 Å². The number of aryl methyl sites for hydroxylation is 2. The van der Waals surface area contributed by atoms with Crippen LogP contribution in [0.3, 0.4) is 0 Å². The number of carbonyl (C=O) groups is 1. The zero-order valence-electron chi connectivity index (χ0n) is 11.0. The van der Waals surface area contributed by atoms with Gasteiger partial charge in [0.1, 0.15) is 5.25 Å². The van der Waals surface area contributed by atoms with Crippen molar-refractivity contribution in [3.05, 3.63) is 11.4 Å². The highest BCUT2D eigenvalue weighted by Crippen LogP contribution is 2.34. The Labute approximate surface area is 118 Å². The van der Waals surface area contributed by atoms with Gasteiger partial charge in [0.2, 0.25) is 0 Å². The standard InChI is InChI=1S/C11H14N4O2S2/c1-5-8(6(2)15(4)14-5)9-12-13-11(19-9)18-7(3)10(16)17/h7H,1-4H3,(H,16,17). The predicted molar refractivity (Wildman–Crippen MR) is 74.5 cm³/mol. The fourth-order valence-corrected chi connectivity index (χ4v) is 3.72. The van der Waals surface area contributed by atoms with Gasteiger partial charge >= 0.3 is 5.97 Å². The van der Waals surface area contributed by atoms with E-state index in [4.69, 9.17) is 5.11 Å². The van der Waals surface area contributed by atoms with E-state index < -0.39 is 11.2 Å². The lowest BCUT2D eigenvalue weighted by atomic mass is 10.2. The lowest BCUT2D eigenvalue weighted by Crippen LogP contribution is -2.10. The molecule has 19 heavy (non-hydrogen) atoms. The van der Waals surface area contributed by atoms with Crippen molar-refractivity contribution in [1.82, 2.24) is 20.0 Å². The molecule has 0 aliphatic heterocycles. The summed E-state index contributed by atoms with van der Waals surface area (Å²) in [7, 11) is 1.88. The van der Waals surface area contributed by atoms with Gasteiger partial charge < -0.3 is 5.11 Å². The maximum Gasteiger partial charge on any atom is 0.316 e. The fourth-order valence-electron chi connectivity index (χ4n) is 1.64. The maximum absolute atomic E-state index is 10.8. The number of rotatable bonds is 4. The average Bonchev–Trinajstić information content (AvgIpc) is 2.85. The number of hydrogen-bond donors (Lipinski definition) is 1. The van der Waals surface area contributed by atoms with Gasteiger partial charge in [0.05, 0.1) is 11.3 Å². The topological polar surface area (TPSA) is 80.9 Å². The Morgan fingerprint density at radius 2 is 2.11 bits per heavy atom. The van der Waals surface area contributed by atoms with Crippen molar-refractivity contribution in [1.29, 1.82) is 0 Å². The molecular weight excluding hydrogens is 284 g/mol. The van der Waals surface area contributed by atoms with Crippen LogP contribution in [0.1, 0.15) is 18.3 Å². The minimum atomic E-state index is -0.851. The van der Waals surface area contributed by atoms with E-state index in [0.717, 1.165) is 22.0 Å². The number of hydrogen-bond acceptors (Lipinski definition) is 6. The third-order valence-corrected chi connectivity index (χ3v) is 4.87. The Kier molecular flexibility index (Phi) is 3.91. The summed E-state index contributed by atoms with van der Waals surface area (Å²) in [5, 5.41) is 21.6. The summed E-state index contributed by atoms with van der Waals surface area (Å²) < 4.78 is 2.46. The van der Waals surface area contributed by atoms with Crippen LogP contribution in [0.5, 0.6) is 0 Å². The van der Waals surface area contributed by atoms with E-state index in [1.807, 2.05) is 20.9 Å². The van der Waals surface area contributed by atoms with Crippen LogP contribution in [0.4, 0.5) is 0 Å². The first-order valence-electron chi connectivity index (χ1n) is 5.63. The normalized spacial score (nSPS) is 12.6. The monoisotopic (exact) mass is 298 g/mol. The summed E-state index contributed by atoms with van der Waals surface area (Å²) in [6, 6.07) is 0. The van der Waals surface area contributed by atoms with Crippen molar-refractivity contribution in [2.24, 2.45) is 7.05 Å². The lowest BCUT2D eigenvalue weighted by molar-refractivity contribution is -0.136. The molecule has 8 heteroatoms. The van der Waals surface area contributed by atoms with Crippen molar-refractivity contribution in [3.8, 4) is 10.6 Å². The summed E-state index contributed by atoms with van der Waals surface area (Å²) in [5.74, 6) is -0.851. The molecule has 0 saturated carbocycles. The van der Waals surface area contributed by atoms with Gasteiger partial charge in [-0.05, 0) is 20.8 Å². The number of aliphatic carboxylic acids is 1. The maximum atomic E-state index is 10.8. The Bertz CT molecular complexity index is 620. The van der Waals surface area contributed by atoms with Crippen molar-refractivity contribution >= 4 is 29.1 Å². The Hall–Kier alpha value is -1.41. The molecule has 0 spiro atoms. The molecule has 102 valence electrons. The molecular formula is C11H14N4O2S2. The van der Waals surface area contributed by atoms with Gasteiger partial charge in [-0.15, -0.1) is 10.2 Å². The number of carboxylic acid groups (broad SMARTS) is 1. The van der Waals surface area contributed by atoms with E-state index >= 15 is 0 Å². The molecule has 1 atom stereocenters. The molecule has 6 nitrogen and oxygen atoms in total. The molecule has 1 unspecified atom stereocenters. The molecule has 0 saturated heterocycles. The molecule has 0 aliphatic rings. The van der Waals surface area contributed by atoms with Crippen LogP contribution in [-0.4, -0.2) is 36.3 Å². The molecule has 2 aromatic heterocycles. The minimum absolute atomic E-state index is 0.531. The predicted octanol–water partition coefficient (Wildman–Crippen LogP) is 2.12. The van der Waals surface area contributed by atoms with Crippen LogP contribution >= 0.6 is 23.1 Å². The summed E-state index contributed by atoms with van der Waals surface area (Å²) in [5.41, 5.74) is 2.91. The number of thioether (sulfide) groups is 1. The van der Waals surface area contributed by atoms with Gasteiger partial charge in [0.15, 0.2) is 9.35 Å². The van der Waals surface area contributed by atoms with Gasteiger partial charge in [0, 0.05) is 12.7 Å². The summed E-state index contributed by atoms with van der Waals surface area (Å²) in [6.45, 7) is 5.54. The van der Waals surface area contributed by atoms with Gasteiger partial charge in [-0.1, -0.05) is 23.1 Å². The molecule has 1 N–H and O–H groups in total. The first kappa shape index (κ1) is 14.0. The molecule has 0 aliphatic carbocycles. The molecule has 0 radical (unpaired) electrons. The van der Waals surface area contributed by atoms with Crippen LogP contribution in [-0.2, 0) is 11.8 Å². The quantitative estimate of drug-likeness (QED) is 0.871. The second-order valence-corrected chi connectivity index (χ2v) is 6.71. The third-order valence-electron chi connectivity index (χ3n) is 2.75. The highest BCUT2D eigenvalue weighted by Gasteiger charge is 2.19. The van der Waals surface area contributed by atoms with E-state index in [1.54, 1.807) is 11.6 Å². The molecule has 2 rings (SSSR count). The second kappa shape index (κ2) is 5.30. The van der Waals surface area contributed by atoms with E-state index in [0.29, 0.717) is 4.34 Å². The molecule has 2 aromatic rings. The van der Waals surface area contributed by atoms with Gasteiger partial charge in [-0.25, -0.2) is 0 Å². The van der Waals surface area contributed by atoms with Gasteiger partial charge in [0.25, 0.3) is 0 Å². The van der Waals surface area contributed by atoms with Crippen molar-refractivity contribution in [3.63, 3.8) is 0 Å². The van der Waals surface area contributed by atoms with E-state index in [9.17, 15) is 4.79 Å². The van der Waals surface area contributed by atoms with E-state index in [-0.39, 0.29) is 0 Å². The Morgan fingerprint density at radius 3 is 2.63 bits per heavy atom. The van der Waals surface area contributed by atoms with Gasteiger partial charge in [-0.3, -0.25) is 9.48 Å². The van der Waals surface area contributed by atoms with Crippen molar-refractivity contribution in [2.75, 3.05) is 0 Å². The highest BCUT2D eigenvalue weighted by atomic mass is 32.2. The number of carboxylic acids is 1. The fraction of sp³-hybridized carbons (Fsp3) is 0.455. The second-order valence-electron chi connectivity index (χ2n) is 4.14. The Balaban J connectivity index is 2.28. The van der Waals surface area contributed by atoms with Crippen LogP contribution < -0.4 is 0 Å². The SMILES string of the molecule is Cc1nn(C)c(C)c1-c1nnc(SC(C)C(=O)O)s1. The molecule has 2 heterocycles. The van der Waals surface area contributed by atoms with Crippen LogP contribution in [0, 0.1) is 13.8 Å². The summed E-state index contributed by atoms with van der Waals surface area (Å²) in [4.78, 5) is 10.8. The first-order chi connectivity index (χ1) is 8.90. The minimum Gasteiger partial charge on any atom is -0.480 e. The van der Waals surface area contributed by atoms with Crippen LogP contribution in [0.25, 0.3) is 10.6 Å². The smallest absolute Gasteiger partial charge is 0.316 e. The largest absolute Gasteiger partial charge is 0.480 e. The number of aromatic nitrogens is 4. The highest BCUT2D eigenvalue weighted by molar-refractivity contribution is 8.02. The van der Waals surface area contributed by atoms with Crippen LogP contribution in [0.2, 0.25) is 0 Å². The zero-order chi connectivity index (χ0) is 14.2. The lowest BCUT2D eigenvalue weighted by Gasteiger charge is -2.00. The molecule has 0 bridgehead atoms. The first-order valence-corrected chi connectivity index (χ1v) is 7.33. The van der Waals surface area contributed by atoms with Crippen molar-refractivity contribution < 1.29 is 9.90 Å². The Morgan fingerprint density at radius 1 is 1.42 bits per heavy atom. The summed E-state index contributed by atoms with van der Waals surface area (Å²) in [6.07, 6.45) is 0. The van der Waals surface area contributed by atoms with Gasteiger partial charge in [-0.2, -0.15) is 5.10 Å². The molecule has 0 fully saturated rings. The summed E-state index contributed by atoms with van der Waals surface area (Å²) >= 11 is 2.60. The number of nitrogens with zero attached hydrogens (tertiary/aromatic N) is 4. The van der Waals surface area contributed by atoms with E-state index in [2.05, 4.69) is 15.3 Å². The third kappa shape index (κ3) is 2.79. The molecule has 0 aromatic carbocycles. The van der Waals surface area contributed by atoms with E-state index in [1.165, 1.54) is 23.1 Å².